The highest BCUT2D eigenvalue weighted by molar-refractivity contribution is 5.82. The number of benzene rings is 1. The van der Waals surface area contributed by atoms with Crippen LogP contribution in [0.5, 0.6) is 0 Å². The van der Waals surface area contributed by atoms with Gasteiger partial charge in [0.25, 0.3) is 0 Å². The van der Waals surface area contributed by atoms with E-state index in [9.17, 15) is 9.59 Å². The minimum atomic E-state index is -0.741. The fraction of sp³-hybridized carbons (Fsp3) is 0.455. The van der Waals surface area contributed by atoms with Crippen molar-refractivity contribution >= 4 is 22.8 Å². The van der Waals surface area contributed by atoms with Gasteiger partial charge < -0.3 is 20.7 Å². The molecule has 1 aromatic heterocycles. The second kappa shape index (κ2) is 11.2. The molecule has 0 aliphatic heterocycles. The number of hydrogen-bond donors (Lipinski definition) is 3. The number of rotatable bonds is 3. The molecule has 0 radical (unpaired) electrons. The van der Waals surface area contributed by atoms with Gasteiger partial charge in [0.05, 0.1) is 12.5 Å². The Bertz CT molecular complexity index is 815. The highest BCUT2D eigenvalue weighted by Crippen LogP contribution is 2.26. The molecule has 0 spiro atoms. The first kappa shape index (κ1) is 23.3. The molecular weight excluding hydrogens is 354 g/mol. The van der Waals surface area contributed by atoms with Crippen molar-refractivity contribution in [3.8, 4) is 0 Å². The van der Waals surface area contributed by atoms with Crippen LogP contribution in [-0.2, 0) is 9.59 Å². The third-order valence-corrected chi connectivity index (χ3v) is 4.65. The van der Waals surface area contributed by atoms with Crippen LogP contribution in [-0.4, -0.2) is 40.5 Å². The molecule has 1 aliphatic rings. The lowest BCUT2D eigenvalue weighted by atomic mass is 9.90. The molecular formula is C22H33N3O3. The Morgan fingerprint density at radius 3 is 2.25 bits per heavy atom. The van der Waals surface area contributed by atoms with Crippen LogP contribution in [0.2, 0.25) is 0 Å². The lowest BCUT2D eigenvalue weighted by molar-refractivity contribution is -0.140. The average Bonchev–Trinajstić information content (AvgIpc) is 2.96. The Morgan fingerprint density at radius 2 is 1.82 bits per heavy atom. The smallest absolute Gasteiger partial charge is 0.305 e. The van der Waals surface area contributed by atoms with Gasteiger partial charge in [-0.25, -0.2) is 0 Å². The molecule has 0 bridgehead atoms. The molecule has 3 rings (SSSR count). The van der Waals surface area contributed by atoms with E-state index in [0.717, 1.165) is 18.5 Å². The van der Waals surface area contributed by atoms with Crippen molar-refractivity contribution in [1.29, 1.82) is 0 Å². The van der Waals surface area contributed by atoms with Crippen LogP contribution in [0.3, 0.4) is 0 Å². The van der Waals surface area contributed by atoms with Crippen molar-refractivity contribution in [3.63, 3.8) is 0 Å². The summed E-state index contributed by atoms with van der Waals surface area (Å²) in [7, 11) is 1.77. The molecule has 1 amide bonds. The number of aryl methyl sites for hydroxylation is 1. The van der Waals surface area contributed by atoms with E-state index in [1.807, 2.05) is 12.3 Å². The number of nitrogens with two attached hydrogens (primary N) is 1. The van der Waals surface area contributed by atoms with Gasteiger partial charge in [0.15, 0.2) is 0 Å². The van der Waals surface area contributed by atoms with Crippen LogP contribution >= 0.6 is 0 Å². The highest BCUT2D eigenvalue weighted by Gasteiger charge is 2.14. The number of carboxylic acid groups (broad SMARTS) is 1. The number of carboxylic acids is 1. The van der Waals surface area contributed by atoms with Crippen LogP contribution in [0.15, 0.2) is 41.7 Å². The number of aromatic nitrogens is 1. The van der Waals surface area contributed by atoms with E-state index in [-0.39, 0.29) is 11.8 Å². The van der Waals surface area contributed by atoms with Gasteiger partial charge >= 0.3 is 5.97 Å². The first-order chi connectivity index (χ1) is 13.1. The van der Waals surface area contributed by atoms with E-state index < -0.39 is 5.97 Å². The number of likely N-dealkylation sites (N-methyl/N-ethyl adjacent to an activating group) is 1. The third kappa shape index (κ3) is 7.47. The Morgan fingerprint density at radius 1 is 1.25 bits per heavy atom. The van der Waals surface area contributed by atoms with E-state index >= 15 is 0 Å². The topological polar surface area (TPSA) is 99.4 Å². The summed E-state index contributed by atoms with van der Waals surface area (Å²) in [6, 6.07) is 8.31. The zero-order valence-electron chi connectivity index (χ0n) is 17.6. The number of fused-ring (bicyclic) bond motifs is 1. The number of nitrogens with one attached hydrogen (secondary N) is 1. The maximum atomic E-state index is 10.9. The molecule has 1 saturated carbocycles. The first-order valence-corrected chi connectivity index (χ1v) is 9.57. The van der Waals surface area contributed by atoms with Gasteiger partial charge in [-0.3, -0.25) is 9.59 Å². The number of carbonyl (C=O) groups is 2. The predicted molar refractivity (Wildman–Crippen MR) is 114 cm³/mol. The number of carbonyl (C=O) groups excluding carboxylic acids is 1. The Labute approximate surface area is 167 Å². The van der Waals surface area contributed by atoms with E-state index in [0.29, 0.717) is 6.54 Å². The summed E-state index contributed by atoms with van der Waals surface area (Å²) in [6.07, 6.45) is 5.53. The summed E-state index contributed by atoms with van der Waals surface area (Å²) < 4.78 is 0. The summed E-state index contributed by atoms with van der Waals surface area (Å²) in [6.45, 7) is 7.53. The van der Waals surface area contributed by atoms with Crippen LogP contribution in [0.4, 0.5) is 0 Å². The second-order valence-electron chi connectivity index (χ2n) is 7.37. The van der Waals surface area contributed by atoms with E-state index in [1.54, 1.807) is 32.7 Å². The minimum Gasteiger partial charge on any atom is -0.481 e. The number of aliphatic carboxylic acids is 1. The van der Waals surface area contributed by atoms with Gasteiger partial charge in [0.1, 0.15) is 0 Å². The number of para-hydroxylation sites is 1. The molecule has 1 fully saturated rings. The lowest BCUT2D eigenvalue weighted by Crippen LogP contribution is -2.29. The maximum absolute atomic E-state index is 10.9. The number of nitrogens with zero attached hydrogens (tertiary/aromatic N) is 1. The van der Waals surface area contributed by atoms with Crippen molar-refractivity contribution in [1.82, 2.24) is 9.88 Å². The van der Waals surface area contributed by atoms with Gasteiger partial charge in [-0.15, -0.1) is 0 Å². The predicted octanol–water partition coefficient (Wildman–Crippen LogP) is 4.06. The summed E-state index contributed by atoms with van der Waals surface area (Å²) in [5.41, 5.74) is 10.6. The minimum absolute atomic E-state index is 0.0675. The molecule has 6 heteroatoms. The van der Waals surface area contributed by atoms with Crippen molar-refractivity contribution in [2.24, 2.45) is 11.7 Å². The average molecular weight is 388 g/mol. The van der Waals surface area contributed by atoms with Gasteiger partial charge in [-0.05, 0) is 43.4 Å². The van der Waals surface area contributed by atoms with Crippen LogP contribution in [0, 0.1) is 12.8 Å². The number of hydrogen-bond acceptors (Lipinski definition) is 3. The fourth-order valence-corrected chi connectivity index (χ4v) is 2.37. The van der Waals surface area contributed by atoms with Gasteiger partial charge in [-0.1, -0.05) is 32.0 Å². The molecule has 1 heterocycles. The van der Waals surface area contributed by atoms with Crippen molar-refractivity contribution in [2.75, 3.05) is 13.6 Å². The van der Waals surface area contributed by atoms with E-state index in [2.05, 4.69) is 30.1 Å². The molecule has 6 nitrogen and oxygen atoms in total. The summed E-state index contributed by atoms with van der Waals surface area (Å²) >= 11 is 0. The molecule has 0 saturated heterocycles. The normalized spacial score (nSPS) is 12.3. The molecule has 28 heavy (non-hydrogen) atoms. The molecule has 4 N–H and O–H groups in total. The number of amides is 1. The zero-order chi connectivity index (χ0) is 21.3. The summed E-state index contributed by atoms with van der Waals surface area (Å²) in [5, 5.41) is 9.31. The maximum Gasteiger partial charge on any atom is 0.305 e. The Kier molecular flexibility index (Phi) is 9.28. The quantitative estimate of drug-likeness (QED) is 0.739. The van der Waals surface area contributed by atoms with Crippen molar-refractivity contribution in [2.45, 2.75) is 47.0 Å². The van der Waals surface area contributed by atoms with Gasteiger partial charge in [0.2, 0.25) is 5.91 Å². The Balaban J connectivity index is 0.000000222. The second-order valence-corrected chi connectivity index (χ2v) is 7.37. The van der Waals surface area contributed by atoms with Gasteiger partial charge in [-0.2, -0.15) is 0 Å². The lowest BCUT2D eigenvalue weighted by Gasteiger charge is -2.22. The SMILES string of the molecule is CC(=O)N(C)CC(N)=C1CCC1.CC(C)C(=O)O.Cc1c[nH]c2ccccc12. The van der Waals surface area contributed by atoms with Crippen LogP contribution in [0.1, 0.15) is 45.6 Å². The van der Waals surface area contributed by atoms with Crippen molar-refractivity contribution < 1.29 is 14.7 Å². The van der Waals surface area contributed by atoms with Crippen LogP contribution < -0.4 is 5.73 Å². The summed E-state index contributed by atoms with van der Waals surface area (Å²) in [5.74, 6) is -0.905. The molecule has 1 aromatic carbocycles. The van der Waals surface area contributed by atoms with Crippen LogP contribution in [0.25, 0.3) is 10.9 Å². The molecule has 2 aromatic rings. The molecule has 0 atom stereocenters. The fourth-order valence-electron chi connectivity index (χ4n) is 2.37. The Hall–Kier alpha value is -2.76. The monoisotopic (exact) mass is 387 g/mol. The highest BCUT2D eigenvalue weighted by atomic mass is 16.4. The standard InChI is InChI=1S/C9H16N2O.C9H9N.C4H8O2/c1-7(12)11(2)6-9(10)8-4-3-5-8;1-7-6-10-9-5-3-2-4-8(7)9;1-3(2)4(5)6/h3-6,10H2,1-2H3;2-6,10H,1H3;3H,1-2H3,(H,5,6). The van der Waals surface area contributed by atoms with E-state index in [1.165, 1.54) is 28.5 Å². The molecule has 154 valence electrons. The number of allylic oxidation sites excluding steroid dienone is 1. The first-order valence-electron chi connectivity index (χ1n) is 9.57. The van der Waals surface area contributed by atoms with Gasteiger partial charge in [0, 0.05) is 36.8 Å². The molecule has 0 unspecified atom stereocenters. The number of H-pyrrole nitrogens is 1. The van der Waals surface area contributed by atoms with E-state index in [4.69, 9.17) is 10.8 Å². The summed E-state index contributed by atoms with van der Waals surface area (Å²) in [4.78, 5) is 25.4. The number of aromatic amines is 1. The zero-order valence-corrected chi connectivity index (χ0v) is 17.6. The van der Waals surface area contributed by atoms with Crippen molar-refractivity contribution in [3.05, 3.63) is 47.3 Å². The molecule has 1 aliphatic carbocycles. The third-order valence-electron chi connectivity index (χ3n) is 4.65. The largest absolute Gasteiger partial charge is 0.481 e.